The highest BCUT2D eigenvalue weighted by Crippen LogP contribution is 2.21. The zero-order valence-electron chi connectivity index (χ0n) is 16.3. The number of primary amides is 1. The van der Waals surface area contributed by atoms with Crippen molar-refractivity contribution >= 4 is 28.4 Å². The van der Waals surface area contributed by atoms with E-state index in [1.807, 2.05) is 48.5 Å². The molecule has 0 atom stereocenters. The summed E-state index contributed by atoms with van der Waals surface area (Å²) in [6.45, 7) is 0.427. The second-order valence-corrected chi connectivity index (χ2v) is 6.77. The van der Waals surface area contributed by atoms with Gasteiger partial charge in [0, 0.05) is 16.6 Å². The van der Waals surface area contributed by atoms with Crippen LogP contribution < -0.4 is 15.8 Å². The van der Waals surface area contributed by atoms with Crippen LogP contribution in [0.5, 0.6) is 5.75 Å². The van der Waals surface area contributed by atoms with Crippen molar-refractivity contribution in [3.05, 3.63) is 89.6 Å². The number of nitrogens with zero attached hydrogens (tertiary/aromatic N) is 2. The van der Waals surface area contributed by atoms with Crippen LogP contribution in [-0.4, -0.2) is 28.7 Å². The third kappa shape index (κ3) is 3.86. The lowest BCUT2D eigenvalue weighted by molar-refractivity contribution is 0.0994. The first-order valence-corrected chi connectivity index (χ1v) is 9.35. The Kier molecular flexibility index (Phi) is 5.17. The highest BCUT2D eigenvalue weighted by atomic mass is 16.5. The van der Waals surface area contributed by atoms with Crippen LogP contribution in [0.4, 0.5) is 5.69 Å². The Hall–Kier alpha value is -4.13. The Labute approximate surface area is 173 Å². The number of hydrogen-bond acceptors (Lipinski definition) is 4. The zero-order valence-corrected chi connectivity index (χ0v) is 16.3. The molecule has 0 radical (unpaired) electrons. The number of fused-ring (bicyclic) bond motifs is 1. The molecule has 0 saturated carbocycles. The smallest absolute Gasteiger partial charge is 0.269 e. The highest BCUT2D eigenvalue weighted by molar-refractivity contribution is 6.05. The van der Waals surface area contributed by atoms with Crippen LogP contribution in [0.3, 0.4) is 0 Å². The second kappa shape index (κ2) is 8.08. The number of carbonyl (C=O) groups excluding carboxylic acids is 2. The van der Waals surface area contributed by atoms with Gasteiger partial charge in [0.25, 0.3) is 11.8 Å². The van der Waals surface area contributed by atoms with Gasteiger partial charge in [-0.1, -0.05) is 36.4 Å². The maximum atomic E-state index is 12.6. The standard InChI is InChI=1S/C23H20N4O3/c1-30-18-9-5-7-16(13-18)23(29)25-17-8-4-6-15(12-17)14-27-20-11-3-2-10-19(20)21(26-27)22(24)28/h2-13H,14H2,1H3,(H2,24,28)(H,25,29). The lowest BCUT2D eigenvalue weighted by Gasteiger charge is -2.09. The van der Waals surface area contributed by atoms with Crippen LogP contribution in [-0.2, 0) is 6.54 Å². The van der Waals surface area contributed by atoms with E-state index in [0.29, 0.717) is 28.9 Å². The molecule has 150 valence electrons. The molecule has 1 heterocycles. The first kappa shape index (κ1) is 19.2. The number of carbonyl (C=O) groups is 2. The molecular formula is C23H20N4O3. The molecular weight excluding hydrogens is 380 g/mol. The Balaban J connectivity index is 1.58. The molecule has 0 aliphatic carbocycles. The number of nitrogens with one attached hydrogen (secondary N) is 1. The third-order valence-corrected chi connectivity index (χ3v) is 4.74. The van der Waals surface area contributed by atoms with Crippen molar-refractivity contribution in [3.63, 3.8) is 0 Å². The van der Waals surface area contributed by atoms with Crippen LogP contribution in [0.2, 0.25) is 0 Å². The van der Waals surface area contributed by atoms with Gasteiger partial charge in [0.2, 0.25) is 0 Å². The molecule has 7 heteroatoms. The number of aromatic nitrogens is 2. The monoisotopic (exact) mass is 400 g/mol. The molecule has 0 aliphatic heterocycles. The SMILES string of the molecule is COc1cccc(C(=O)Nc2cccc(Cn3nc(C(N)=O)c4ccccc43)c2)c1. The molecule has 0 unspecified atom stereocenters. The van der Waals surface area contributed by atoms with E-state index >= 15 is 0 Å². The van der Waals surface area contributed by atoms with Crippen molar-refractivity contribution in [2.75, 3.05) is 12.4 Å². The van der Waals surface area contributed by atoms with Crippen LogP contribution in [0.15, 0.2) is 72.8 Å². The molecule has 4 aromatic rings. The van der Waals surface area contributed by atoms with Crippen molar-refractivity contribution in [2.24, 2.45) is 5.73 Å². The van der Waals surface area contributed by atoms with Gasteiger partial charge in [0.1, 0.15) is 5.75 Å². The minimum Gasteiger partial charge on any atom is -0.497 e. The van der Waals surface area contributed by atoms with E-state index in [1.54, 1.807) is 36.1 Å². The molecule has 3 N–H and O–H groups in total. The number of hydrogen-bond donors (Lipinski definition) is 2. The van der Waals surface area contributed by atoms with Gasteiger partial charge in [0.05, 0.1) is 19.2 Å². The number of methoxy groups -OCH3 is 1. The molecule has 3 aromatic carbocycles. The quantitative estimate of drug-likeness (QED) is 0.518. The normalized spacial score (nSPS) is 10.7. The molecule has 0 bridgehead atoms. The summed E-state index contributed by atoms with van der Waals surface area (Å²) < 4.78 is 6.91. The summed E-state index contributed by atoms with van der Waals surface area (Å²) in [5.41, 5.74) is 8.61. The molecule has 30 heavy (non-hydrogen) atoms. The van der Waals surface area contributed by atoms with Crippen LogP contribution in [0.25, 0.3) is 10.9 Å². The van der Waals surface area contributed by atoms with E-state index in [1.165, 1.54) is 0 Å². The van der Waals surface area contributed by atoms with Crippen LogP contribution >= 0.6 is 0 Å². The number of amides is 2. The molecule has 7 nitrogen and oxygen atoms in total. The van der Waals surface area contributed by atoms with Gasteiger partial charge >= 0.3 is 0 Å². The van der Waals surface area contributed by atoms with Crippen molar-refractivity contribution in [1.29, 1.82) is 0 Å². The summed E-state index contributed by atoms with van der Waals surface area (Å²) in [5.74, 6) is -0.178. The number of ether oxygens (including phenoxy) is 1. The van der Waals surface area contributed by atoms with E-state index in [-0.39, 0.29) is 11.6 Å². The van der Waals surface area contributed by atoms with Gasteiger partial charge in [-0.05, 0) is 42.0 Å². The number of benzene rings is 3. The Morgan fingerprint density at radius 2 is 1.83 bits per heavy atom. The average Bonchev–Trinajstić information content (AvgIpc) is 3.13. The minimum absolute atomic E-state index is 0.230. The summed E-state index contributed by atoms with van der Waals surface area (Å²) in [6.07, 6.45) is 0. The zero-order chi connectivity index (χ0) is 21.1. The minimum atomic E-state index is -0.566. The number of rotatable bonds is 6. The molecule has 0 spiro atoms. The fourth-order valence-corrected chi connectivity index (χ4v) is 3.32. The lowest BCUT2D eigenvalue weighted by atomic mass is 10.1. The summed E-state index contributed by atoms with van der Waals surface area (Å²) in [4.78, 5) is 24.3. The maximum absolute atomic E-state index is 12.6. The van der Waals surface area contributed by atoms with Gasteiger partial charge in [0.15, 0.2) is 5.69 Å². The van der Waals surface area contributed by atoms with E-state index < -0.39 is 5.91 Å². The molecule has 0 saturated heterocycles. The molecule has 0 fully saturated rings. The Bertz CT molecular complexity index is 1250. The van der Waals surface area contributed by atoms with Crippen LogP contribution in [0, 0.1) is 0 Å². The highest BCUT2D eigenvalue weighted by Gasteiger charge is 2.15. The van der Waals surface area contributed by atoms with Crippen molar-refractivity contribution < 1.29 is 14.3 Å². The first-order chi connectivity index (χ1) is 14.5. The topological polar surface area (TPSA) is 99.2 Å². The van der Waals surface area contributed by atoms with E-state index in [2.05, 4.69) is 10.4 Å². The van der Waals surface area contributed by atoms with Gasteiger partial charge in [-0.3, -0.25) is 14.3 Å². The summed E-state index contributed by atoms with van der Waals surface area (Å²) in [7, 11) is 1.56. The summed E-state index contributed by atoms with van der Waals surface area (Å²) >= 11 is 0. The van der Waals surface area contributed by atoms with Gasteiger partial charge in [-0.2, -0.15) is 5.10 Å². The lowest BCUT2D eigenvalue weighted by Crippen LogP contribution is -2.13. The van der Waals surface area contributed by atoms with Crippen molar-refractivity contribution in [1.82, 2.24) is 9.78 Å². The number of para-hydroxylation sites is 1. The van der Waals surface area contributed by atoms with Crippen molar-refractivity contribution in [3.8, 4) is 5.75 Å². The van der Waals surface area contributed by atoms with Crippen LogP contribution in [0.1, 0.15) is 26.4 Å². The van der Waals surface area contributed by atoms with Crippen molar-refractivity contribution in [2.45, 2.75) is 6.54 Å². The fourth-order valence-electron chi connectivity index (χ4n) is 3.32. The fraction of sp³-hybridized carbons (Fsp3) is 0.0870. The van der Waals surface area contributed by atoms with Gasteiger partial charge in [-0.25, -0.2) is 0 Å². The molecule has 1 aromatic heterocycles. The Morgan fingerprint density at radius 1 is 1.03 bits per heavy atom. The average molecular weight is 400 g/mol. The summed E-state index contributed by atoms with van der Waals surface area (Å²) in [5, 5.41) is 8.00. The van der Waals surface area contributed by atoms with Gasteiger partial charge < -0.3 is 15.8 Å². The second-order valence-electron chi connectivity index (χ2n) is 6.77. The first-order valence-electron chi connectivity index (χ1n) is 9.35. The molecule has 2 amide bonds. The third-order valence-electron chi connectivity index (χ3n) is 4.74. The Morgan fingerprint density at radius 3 is 2.63 bits per heavy atom. The summed E-state index contributed by atoms with van der Waals surface area (Å²) in [6, 6.07) is 21.9. The largest absolute Gasteiger partial charge is 0.497 e. The predicted octanol–water partition coefficient (Wildman–Crippen LogP) is 3.44. The molecule has 0 aliphatic rings. The number of anilines is 1. The van der Waals surface area contributed by atoms with E-state index in [9.17, 15) is 9.59 Å². The molecule has 4 rings (SSSR count). The predicted molar refractivity (Wildman–Crippen MR) is 115 cm³/mol. The maximum Gasteiger partial charge on any atom is 0.269 e. The van der Waals surface area contributed by atoms with E-state index in [4.69, 9.17) is 10.5 Å². The van der Waals surface area contributed by atoms with Gasteiger partial charge in [-0.15, -0.1) is 0 Å². The number of nitrogens with two attached hydrogens (primary N) is 1. The van der Waals surface area contributed by atoms with E-state index in [0.717, 1.165) is 11.1 Å².